The number of aromatic amines is 1. The molecule has 4 heteroatoms. The molecular weight excluding hydrogens is 226 g/mol. The molecule has 2 heterocycles. The summed E-state index contributed by atoms with van der Waals surface area (Å²) in [6, 6.07) is 8.53. The maximum Gasteiger partial charge on any atom is 0.204 e. The minimum atomic E-state index is 0.251. The first-order valence-electron chi connectivity index (χ1n) is 6.71. The van der Waals surface area contributed by atoms with E-state index in [0.29, 0.717) is 6.04 Å². The molecule has 0 spiro atoms. The average molecular weight is 245 g/mol. The molecule has 1 atom stereocenters. The molecule has 0 bridgehead atoms. The van der Waals surface area contributed by atoms with Crippen LogP contribution < -0.4 is 4.90 Å². The van der Waals surface area contributed by atoms with Crippen molar-refractivity contribution in [2.45, 2.75) is 31.7 Å². The molecule has 2 N–H and O–H groups in total. The number of para-hydroxylation sites is 2. The van der Waals surface area contributed by atoms with Gasteiger partial charge in [0.05, 0.1) is 11.0 Å². The quantitative estimate of drug-likeness (QED) is 0.872. The maximum atomic E-state index is 9.17. The van der Waals surface area contributed by atoms with Gasteiger partial charge in [0.1, 0.15) is 0 Å². The van der Waals surface area contributed by atoms with E-state index in [0.717, 1.165) is 36.4 Å². The van der Waals surface area contributed by atoms with Crippen LogP contribution in [0.3, 0.4) is 0 Å². The zero-order chi connectivity index (χ0) is 12.4. The van der Waals surface area contributed by atoms with Gasteiger partial charge in [-0.25, -0.2) is 4.98 Å². The molecule has 1 fully saturated rings. The van der Waals surface area contributed by atoms with Crippen molar-refractivity contribution >= 4 is 17.0 Å². The molecule has 18 heavy (non-hydrogen) atoms. The van der Waals surface area contributed by atoms with E-state index < -0.39 is 0 Å². The molecule has 3 rings (SSSR count). The van der Waals surface area contributed by atoms with Crippen LogP contribution in [-0.2, 0) is 0 Å². The van der Waals surface area contributed by atoms with Gasteiger partial charge in [-0.05, 0) is 37.8 Å². The number of aliphatic hydroxyl groups is 1. The van der Waals surface area contributed by atoms with Crippen LogP contribution in [0.4, 0.5) is 5.95 Å². The van der Waals surface area contributed by atoms with Crippen LogP contribution in [0, 0.1) is 0 Å². The fraction of sp³-hybridized carbons (Fsp3) is 0.500. The lowest BCUT2D eigenvalue weighted by Crippen LogP contribution is -2.40. The number of fused-ring (bicyclic) bond motifs is 1. The molecule has 0 radical (unpaired) electrons. The van der Waals surface area contributed by atoms with Gasteiger partial charge in [0.15, 0.2) is 0 Å². The molecule has 0 amide bonds. The number of benzene rings is 1. The number of imidazole rings is 1. The third-order valence-corrected chi connectivity index (χ3v) is 3.74. The van der Waals surface area contributed by atoms with Gasteiger partial charge in [0.25, 0.3) is 0 Å². The highest BCUT2D eigenvalue weighted by atomic mass is 16.3. The first kappa shape index (κ1) is 11.5. The van der Waals surface area contributed by atoms with Crippen molar-refractivity contribution in [1.82, 2.24) is 9.97 Å². The molecule has 96 valence electrons. The molecule has 1 aromatic carbocycles. The molecule has 4 nitrogen and oxygen atoms in total. The zero-order valence-electron chi connectivity index (χ0n) is 10.5. The highest BCUT2D eigenvalue weighted by Gasteiger charge is 2.24. The van der Waals surface area contributed by atoms with Crippen molar-refractivity contribution in [3.8, 4) is 0 Å². The first-order chi connectivity index (χ1) is 8.88. The molecule has 1 aliphatic heterocycles. The van der Waals surface area contributed by atoms with Crippen LogP contribution in [0.25, 0.3) is 11.0 Å². The van der Waals surface area contributed by atoms with E-state index in [9.17, 15) is 0 Å². The Morgan fingerprint density at radius 1 is 1.33 bits per heavy atom. The molecular formula is C14H19N3O. The van der Waals surface area contributed by atoms with E-state index >= 15 is 0 Å². The predicted molar refractivity (Wildman–Crippen MR) is 72.8 cm³/mol. The zero-order valence-corrected chi connectivity index (χ0v) is 10.5. The molecule has 1 saturated heterocycles. The second kappa shape index (κ2) is 4.98. The Hall–Kier alpha value is -1.55. The minimum Gasteiger partial charge on any atom is -0.396 e. The summed E-state index contributed by atoms with van der Waals surface area (Å²) < 4.78 is 0. The number of aliphatic hydroxyl groups excluding tert-OH is 1. The Kier molecular flexibility index (Phi) is 3.19. The largest absolute Gasteiger partial charge is 0.396 e. The van der Waals surface area contributed by atoms with Crippen LogP contribution in [0.15, 0.2) is 24.3 Å². The normalized spacial score (nSPS) is 20.5. The highest BCUT2D eigenvalue weighted by molar-refractivity contribution is 5.77. The van der Waals surface area contributed by atoms with E-state index in [1.807, 2.05) is 18.2 Å². The number of aromatic nitrogens is 2. The molecule has 1 aliphatic rings. The summed E-state index contributed by atoms with van der Waals surface area (Å²) in [6.45, 7) is 1.28. The fourth-order valence-corrected chi connectivity index (χ4v) is 2.80. The third-order valence-electron chi connectivity index (χ3n) is 3.74. The van der Waals surface area contributed by atoms with Gasteiger partial charge in [0, 0.05) is 19.2 Å². The Morgan fingerprint density at radius 3 is 3.06 bits per heavy atom. The number of hydrogen-bond acceptors (Lipinski definition) is 3. The van der Waals surface area contributed by atoms with Crippen LogP contribution in [0.1, 0.15) is 25.7 Å². The van der Waals surface area contributed by atoms with E-state index in [1.54, 1.807) is 0 Å². The second-order valence-electron chi connectivity index (χ2n) is 4.93. The standard InChI is InChI=1S/C14H19N3O/c18-10-8-11-5-3-4-9-17(11)14-15-12-6-1-2-7-13(12)16-14/h1-2,6-7,11,18H,3-5,8-10H2,(H,15,16). The topological polar surface area (TPSA) is 52.1 Å². The Balaban J connectivity index is 1.91. The van der Waals surface area contributed by atoms with Gasteiger partial charge in [-0.3, -0.25) is 0 Å². The Morgan fingerprint density at radius 2 is 2.22 bits per heavy atom. The SMILES string of the molecule is OCCC1CCCCN1c1nc2ccccc2[nH]1. The fourth-order valence-electron chi connectivity index (χ4n) is 2.80. The smallest absolute Gasteiger partial charge is 0.204 e. The monoisotopic (exact) mass is 245 g/mol. The third kappa shape index (κ3) is 2.08. The Bertz CT molecular complexity index is 487. The van der Waals surface area contributed by atoms with Crippen molar-refractivity contribution in [3.05, 3.63) is 24.3 Å². The summed E-state index contributed by atoms with van der Waals surface area (Å²) >= 11 is 0. The van der Waals surface area contributed by atoms with Gasteiger partial charge in [-0.15, -0.1) is 0 Å². The van der Waals surface area contributed by atoms with Gasteiger partial charge in [-0.2, -0.15) is 0 Å². The molecule has 1 aromatic heterocycles. The number of nitrogens with one attached hydrogen (secondary N) is 1. The summed E-state index contributed by atoms with van der Waals surface area (Å²) in [6.07, 6.45) is 4.44. The van der Waals surface area contributed by atoms with Crippen molar-refractivity contribution in [2.24, 2.45) is 0 Å². The number of hydrogen-bond donors (Lipinski definition) is 2. The van der Waals surface area contributed by atoms with Gasteiger partial charge < -0.3 is 15.0 Å². The van der Waals surface area contributed by atoms with E-state index in [2.05, 4.69) is 20.9 Å². The number of nitrogens with zero attached hydrogens (tertiary/aromatic N) is 2. The van der Waals surface area contributed by atoms with E-state index in [4.69, 9.17) is 5.11 Å². The van der Waals surface area contributed by atoms with E-state index in [-0.39, 0.29) is 6.61 Å². The molecule has 2 aromatic rings. The molecule has 0 aliphatic carbocycles. The van der Waals surface area contributed by atoms with E-state index in [1.165, 1.54) is 12.8 Å². The number of piperidine rings is 1. The van der Waals surface area contributed by atoms with Gasteiger partial charge in [0.2, 0.25) is 5.95 Å². The van der Waals surface area contributed by atoms with Crippen molar-refractivity contribution < 1.29 is 5.11 Å². The van der Waals surface area contributed by atoms with Gasteiger partial charge >= 0.3 is 0 Å². The van der Waals surface area contributed by atoms with Crippen LogP contribution in [-0.4, -0.2) is 34.3 Å². The first-order valence-corrected chi connectivity index (χ1v) is 6.71. The van der Waals surface area contributed by atoms with Gasteiger partial charge in [-0.1, -0.05) is 12.1 Å². The summed E-state index contributed by atoms with van der Waals surface area (Å²) in [5.74, 6) is 0.953. The summed E-state index contributed by atoms with van der Waals surface area (Å²) in [4.78, 5) is 10.4. The second-order valence-corrected chi connectivity index (χ2v) is 4.93. The lowest BCUT2D eigenvalue weighted by molar-refractivity contribution is 0.262. The van der Waals surface area contributed by atoms with Crippen LogP contribution >= 0.6 is 0 Å². The Labute approximate surface area is 107 Å². The van der Waals surface area contributed by atoms with Crippen molar-refractivity contribution in [2.75, 3.05) is 18.1 Å². The number of anilines is 1. The molecule has 0 saturated carbocycles. The lowest BCUT2D eigenvalue weighted by Gasteiger charge is -2.35. The predicted octanol–water partition coefficient (Wildman–Crippen LogP) is 2.30. The van der Waals surface area contributed by atoms with Crippen LogP contribution in [0.2, 0.25) is 0 Å². The van der Waals surface area contributed by atoms with Crippen molar-refractivity contribution in [3.63, 3.8) is 0 Å². The highest BCUT2D eigenvalue weighted by Crippen LogP contribution is 2.26. The lowest BCUT2D eigenvalue weighted by atomic mass is 10.0. The number of rotatable bonds is 3. The summed E-state index contributed by atoms with van der Waals surface area (Å²) in [5.41, 5.74) is 2.10. The summed E-state index contributed by atoms with van der Waals surface area (Å²) in [5, 5.41) is 9.17. The van der Waals surface area contributed by atoms with Crippen LogP contribution in [0.5, 0.6) is 0 Å². The minimum absolute atomic E-state index is 0.251. The van der Waals surface area contributed by atoms with Crippen molar-refractivity contribution in [1.29, 1.82) is 0 Å². The number of H-pyrrole nitrogens is 1. The summed E-state index contributed by atoms with van der Waals surface area (Å²) in [7, 11) is 0. The average Bonchev–Trinajstić information content (AvgIpc) is 2.83. The maximum absolute atomic E-state index is 9.17. The molecule has 1 unspecified atom stereocenters.